The summed E-state index contributed by atoms with van der Waals surface area (Å²) >= 11 is 3.42. The van der Waals surface area contributed by atoms with Gasteiger partial charge in [0.2, 0.25) is 0 Å². The maximum atomic E-state index is 4.32. The van der Waals surface area contributed by atoms with E-state index in [0.29, 0.717) is 6.04 Å². The second-order valence-electron chi connectivity index (χ2n) is 2.86. The minimum atomic E-state index is 0.505. The van der Waals surface area contributed by atoms with Crippen molar-refractivity contribution in [2.75, 3.05) is 13.6 Å². The first-order chi connectivity index (χ1) is 5.09. The molecule has 0 aliphatic heterocycles. The molecule has 2 nitrogen and oxygen atoms in total. The Kier molecular flexibility index (Phi) is 5.56. The lowest BCUT2D eigenvalue weighted by molar-refractivity contribution is 0.425. The third-order valence-corrected chi connectivity index (χ3v) is 2.34. The Morgan fingerprint density at radius 3 is 2.45 bits per heavy atom. The number of hydrogen-bond donors (Lipinski definition) is 0. The molecule has 0 heterocycles. The van der Waals surface area contributed by atoms with Crippen LogP contribution < -0.4 is 0 Å². The van der Waals surface area contributed by atoms with Crippen molar-refractivity contribution in [3.63, 3.8) is 0 Å². The summed E-state index contributed by atoms with van der Waals surface area (Å²) in [4.78, 5) is 6.43. The highest BCUT2D eigenvalue weighted by Gasteiger charge is 2.04. The number of halogens is 1. The standard InChI is InChI=1S/C8H17BrN2/c1-5-6-10-8(9)11(4)7(2)3/h7H,5-6H2,1-4H3. The van der Waals surface area contributed by atoms with Crippen LogP contribution in [0.15, 0.2) is 4.99 Å². The van der Waals surface area contributed by atoms with Crippen molar-refractivity contribution in [2.24, 2.45) is 4.99 Å². The Bertz CT molecular complexity index is 132. The molecular weight excluding hydrogens is 204 g/mol. The molecule has 0 atom stereocenters. The molecule has 0 aromatic heterocycles. The molecule has 66 valence electrons. The zero-order valence-corrected chi connectivity index (χ0v) is 9.35. The van der Waals surface area contributed by atoms with Crippen molar-refractivity contribution in [3.8, 4) is 0 Å². The zero-order valence-electron chi connectivity index (χ0n) is 7.76. The smallest absolute Gasteiger partial charge is 0.168 e. The lowest BCUT2D eigenvalue weighted by atomic mass is 10.4. The maximum Gasteiger partial charge on any atom is 0.168 e. The summed E-state index contributed by atoms with van der Waals surface area (Å²) < 4.78 is 0.953. The van der Waals surface area contributed by atoms with Crippen molar-refractivity contribution < 1.29 is 0 Å². The molecule has 0 aromatic carbocycles. The summed E-state index contributed by atoms with van der Waals surface area (Å²) in [6.07, 6.45) is 1.10. The van der Waals surface area contributed by atoms with Gasteiger partial charge < -0.3 is 4.90 Å². The van der Waals surface area contributed by atoms with Gasteiger partial charge in [0, 0.05) is 19.6 Å². The predicted molar refractivity (Wildman–Crippen MR) is 54.4 cm³/mol. The lowest BCUT2D eigenvalue weighted by Crippen LogP contribution is -2.29. The van der Waals surface area contributed by atoms with Crippen molar-refractivity contribution in [1.29, 1.82) is 0 Å². The van der Waals surface area contributed by atoms with E-state index >= 15 is 0 Å². The number of nitrogens with zero attached hydrogens (tertiary/aromatic N) is 2. The summed E-state index contributed by atoms with van der Waals surface area (Å²) in [5, 5.41) is 0. The van der Waals surface area contributed by atoms with Gasteiger partial charge in [-0.1, -0.05) is 6.92 Å². The average Bonchev–Trinajstić information content (AvgIpc) is 1.98. The Morgan fingerprint density at radius 1 is 1.55 bits per heavy atom. The second-order valence-corrected chi connectivity index (χ2v) is 3.56. The highest BCUT2D eigenvalue weighted by molar-refractivity contribution is 9.18. The van der Waals surface area contributed by atoms with Crippen LogP contribution in [0.4, 0.5) is 0 Å². The number of rotatable bonds is 3. The molecule has 0 rings (SSSR count). The number of amidine groups is 1. The Hall–Kier alpha value is -0.0500. The van der Waals surface area contributed by atoms with Gasteiger partial charge in [0.05, 0.1) is 0 Å². The van der Waals surface area contributed by atoms with Crippen molar-refractivity contribution >= 4 is 20.7 Å². The molecule has 0 saturated heterocycles. The predicted octanol–water partition coefficient (Wildman–Crippen LogP) is 2.49. The van der Waals surface area contributed by atoms with E-state index in [-0.39, 0.29) is 0 Å². The van der Waals surface area contributed by atoms with E-state index in [1.165, 1.54) is 0 Å². The van der Waals surface area contributed by atoms with Crippen molar-refractivity contribution in [2.45, 2.75) is 33.2 Å². The minimum Gasteiger partial charge on any atom is -0.352 e. The van der Waals surface area contributed by atoms with E-state index in [4.69, 9.17) is 0 Å². The fraction of sp³-hybridized carbons (Fsp3) is 0.875. The molecule has 0 radical (unpaired) electrons. The molecule has 0 aliphatic rings. The SMILES string of the molecule is CCCN=C(Br)N(C)C(C)C. The van der Waals surface area contributed by atoms with Crippen molar-refractivity contribution in [1.82, 2.24) is 4.90 Å². The van der Waals surface area contributed by atoms with Crippen LogP contribution in [0.5, 0.6) is 0 Å². The van der Waals surface area contributed by atoms with Gasteiger partial charge in [-0.2, -0.15) is 0 Å². The quantitative estimate of drug-likeness (QED) is 0.406. The first-order valence-electron chi connectivity index (χ1n) is 4.02. The Labute approximate surface area is 77.8 Å². The summed E-state index contributed by atoms with van der Waals surface area (Å²) in [5.41, 5.74) is 0. The molecule has 0 N–H and O–H groups in total. The summed E-state index contributed by atoms with van der Waals surface area (Å²) in [6, 6.07) is 0.505. The van der Waals surface area contributed by atoms with Gasteiger partial charge in [-0.3, -0.25) is 4.99 Å². The third-order valence-electron chi connectivity index (χ3n) is 1.53. The lowest BCUT2D eigenvalue weighted by Gasteiger charge is -2.21. The van der Waals surface area contributed by atoms with Gasteiger partial charge in [-0.05, 0) is 36.2 Å². The molecule has 0 bridgehead atoms. The third kappa shape index (κ3) is 4.40. The minimum absolute atomic E-state index is 0.505. The molecule has 11 heavy (non-hydrogen) atoms. The fourth-order valence-corrected chi connectivity index (χ4v) is 1.12. The summed E-state index contributed by atoms with van der Waals surface area (Å²) in [7, 11) is 2.04. The summed E-state index contributed by atoms with van der Waals surface area (Å²) in [5.74, 6) is 0. The largest absolute Gasteiger partial charge is 0.352 e. The highest BCUT2D eigenvalue weighted by atomic mass is 79.9. The molecule has 3 heteroatoms. The van der Waals surface area contributed by atoms with E-state index in [1.54, 1.807) is 0 Å². The Morgan fingerprint density at radius 2 is 2.09 bits per heavy atom. The molecule has 0 amide bonds. The second kappa shape index (κ2) is 5.58. The van der Waals surface area contributed by atoms with E-state index in [1.807, 2.05) is 7.05 Å². The monoisotopic (exact) mass is 220 g/mol. The van der Waals surface area contributed by atoms with E-state index < -0.39 is 0 Å². The van der Waals surface area contributed by atoms with Crippen LogP contribution in [0, 0.1) is 0 Å². The van der Waals surface area contributed by atoms with E-state index in [2.05, 4.69) is 46.6 Å². The van der Waals surface area contributed by atoms with Crippen LogP contribution >= 0.6 is 15.9 Å². The molecule has 0 aliphatic carbocycles. The number of hydrogen-bond acceptors (Lipinski definition) is 1. The first kappa shape index (κ1) is 11.0. The van der Waals surface area contributed by atoms with Gasteiger partial charge in [-0.25, -0.2) is 0 Å². The zero-order chi connectivity index (χ0) is 8.85. The average molecular weight is 221 g/mol. The van der Waals surface area contributed by atoms with Crippen molar-refractivity contribution in [3.05, 3.63) is 0 Å². The van der Waals surface area contributed by atoms with Crippen LogP contribution in [0.3, 0.4) is 0 Å². The molecule has 0 fully saturated rings. The van der Waals surface area contributed by atoms with Crippen LogP contribution in [0.2, 0.25) is 0 Å². The highest BCUT2D eigenvalue weighted by Crippen LogP contribution is 2.02. The van der Waals surface area contributed by atoms with Crippen LogP contribution in [-0.2, 0) is 0 Å². The van der Waals surface area contributed by atoms with Gasteiger partial charge >= 0.3 is 0 Å². The molecule has 0 saturated carbocycles. The normalized spacial score (nSPS) is 12.4. The molecule has 0 unspecified atom stereocenters. The topological polar surface area (TPSA) is 15.6 Å². The van der Waals surface area contributed by atoms with Crippen LogP contribution in [0.25, 0.3) is 0 Å². The van der Waals surface area contributed by atoms with E-state index in [9.17, 15) is 0 Å². The summed E-state index contributed by atoms with van der Waals surface area (Å²) in [6.45, 7) is 7.31. The fourth-order valence-electron chi connectivity index (χ4n) is 0.529. The van der Waals surface area contributed by atoms with Gasteiger partial charge in [0.15, 0.2) is 4.74 Å². The van der Waals surface area contributed by atoms with Gasteiger partial charge in [-0.15, -0.1) is 0 Å². The van der Waals surface area contributed by atoms with Gasteiger partial charge in [0.1, 0.15) is 0 Å². The first-order valence-corrected chi connectivity index (χ1v) is 4.81. The molecule has 0 aromatic rings. The van der Waals surface area contributed by atoms with Crippen LogP contribution in [-0.4, -0.2) is 29.3 Å². The molecule has 0 spiro atoms. The molecular formula is C8H17BrN2. The maximum absolute atomic E-state index is 4.32. The Balaban J connectivity index is 3.89. The number of aliphatic imine (C=N–C) groups is 1. The van der Waals surface area contributed by atoms with E-state index in [0.717, 1.165) is 17.7 Å². The van der Waals surface area contributed by atoms with Gasteiger partial charge in [0.25, 0.3) is 0 Å². The van der Waals surface area contributed by atoms with Crippen LogP contribution in [0.1, 0.15) is 27.2 Å².